The molecule has 2 heterocycles. The molecule has 4 amide bonds. The summed E-state index contributed by atoms with van der Waals surface area (Å²) in [5.74, 6) is -11.0. The molecule has 36 heteroatoms. The van der Waals surface area contributed by atoms with Crippen LogP contribution in [0.2, 0.25) is 0 Å². The number of unbranched alkanes of at least 4 members (excludes halogenated alkanes) is 3. The fourth-order valence-corrected chi connectivity index (χ4v) is 6.09. The summed E-state index contributed by atoms with van der Waals surface area (Å²) in [5.41, 5.74) is 28.3. The largest absolute Gasteiger partial charge is 0.490 e. The number of anilines is 2. The summed E-state index contributed by atoms with van der Waals surface area (Å²) in [7, 11) is 0. The fraction of sp³-hybridized carbons (Fsp3) is 0.316. The molecule has 74 heavy (non-hydrogen) atoms. The lowest BCUT2D eigenvalue weighted by Crippen LogP contribution is -2.43. The molecule has 0 unspecified atom stereocenters. The highest BCUT2D eigenvalue weighted by Crippen LogP contribution is 2.33. The van der Waals surface area contributed by atoms with Crippen molar-refractivity contribution in [3.05, 3.63) is 59.9 Å². The molecule has 22 nitrogen and oxygen atoms in total. The number of carbonyl (C=O) groups is 6. The first-order valence-electron chi connectivity index (χ1n) is 19.5. The Morgan fingerprint density at radius 1 is 0.500 bits per heavy atom. The summed E-state index contributed by atoms with van der Waals surface area (Å²) < 4.78 is 127. The molecule has 0 bridgehead atoms. The zero-order valence-corrected chi connectivity index (χ0v) is 39.2. The zero-order chi connectivity index (χ0) is 57.4. The number of urea groups is 2. The summed E-state index contributed by atoms with van der Waals surface area (Å²) in [5, 5.41) is 40.1. The Morgan fingerprint density at radius 2 is 0.743 bits per heavy atom. The van der Waals surface area contributed by atoms with E-state index in [-0.39, 0.29) is 11.9 Å². The molecule has 2 aromatic heterocycles. The normalized spacial score (nSPS) is 11.5. The number of nitrogen functional groups attached to an aromatic ring is 2. The van der Waals surface area contributed by atoms with Gasteiger partial charge in [-0.2, -0.15) is 52.7 Å². The number of hydrogen-bond donors (Lipinski definition) is 12. The number of nitrogens with two attached hydrogens (primary N) is 4. The van der Waals surface area contributed by atoms with Gasteiger partial charge in [-0.15, -0.1) is 0 Å². The predicted octanol–water partition coefficient (Wildman–Crippen LogP) is 7.00. The molecule has 2 aromatic carbocycles. The number of nitrogens with one attached hydrogen (secondary N) is 4. The monoisotopic (exact) mass is 1120 g/mol. The van der Waals surface area contributed by atoms with Crippen LogP contribution in [0.5, 0.6) is 0 Å². The lowest BCUT2D eigenvalue weighted by Gasteiger charge is -2.08. The third-order valence-corrected chi connectivity index (χ3v) is 9.58. The number of aryl methyl sites for hydroxylation is 2. The lowest BCUT2D eigenvalue weighted by atomic mass is 10.1. The topological polar surface area (TPSA) is 386 Å². The van der Waals surface area contributed by atoms with E-state index < -0.39 is 60.6 Å². The van der Waals surface area contributed by atoms with Gasteiger partial charge in [-0.25, -0.2) is 48.7 Å². The Bertz CT molecular complexity index is 2330. The van der Waals surface area contributed by atoms with E-state index in [0.29, 0.717) is 34.7 Å². The highest BCUT2D eigenvalue weighted by atomic mass is 32.1. The Labute approximate surface area is 415 Å². The maximum Gasteiger partial charge on any atom is 0.490 e. The first kappa shape index (κ1) is 65.8. The molecule has 0 aliphatic carbocycles. The second-order valence-electron chi connectivity index (χ2n) is 13.4. The third kappa shape index (κ3) is 28.0. The Morgan fingerprint density at radius 3 is 0.946 bits per heavy atom. The number of aromatic nitrogens is 2. The number of aliphatic carboxylic acids is 4. The molecule has 0 aliphatic heterocycles. The summed E-state index contributed by atoms with van der Waals surface area (Å²) in [4.78, 5) is 78.8. The summed E-state index contributed by atoms with van der Waals surface area (Å²) in [6.45, 7) is 4.77. The van der Waals surface area contributed by atoms with Gasteiger partial charge in [0.2, 0.25) is 11.9 Å². The number of carbonyl (C=O) groups excluding carboxylic acids is 2. The van der Waals surface area contributed by atoms with E-state index in [1.165, 1.54) is 22.7 Å². The van der Waals surface area contributed by atoms with Gasteiger partial charge in [-0.05, 0) is 62.1 Å². The second kappa shape index (κ2) is 30.0. The van der Waals surface area contributed by atoms with Crippen LogP contribution in [-0.4, -0.2) is 116 Å². The summed E-state index contributed by atoms with van der Waals surface area (Å²) in [6.07, 6.45) is -17.0. The Balaban J connectivity index is 0.00000154. The molecular weight excluding hydrogens is 1080 g/mol. The SMILES string of the molecule is Cc1nc(N)sc1-c1ccc(N=C(N)NC(=O)NCCCCCCNC(=O)NC(N)=Nc2ccc(-c3sc(N)nc3C)cc2)cc1.O=C(O)C(F)(F)F.O=C(O)C(F)(F)F.O=C(O)C(F)(F)F.O=C(O)C(F)(F)F. The van der Waals surface area contributed by atoms with Crippen molar-refractivity contribution in [2.75, 3.05) is 24.6 Å². The van der Waals surface area contributed by atoms with Crippen molar-refractivity contribution in [1.29, 1.82) is 0 Å². The minimum atomic E-state index is -5.08. The minimum Gasteiger partial charge on any atom is -0.475 e. The number of guanidine groups is 2. The maximum atomic E-state index is 12.1. The number of nitrogens with zero attached hydrogens (tertiary/aromatic N) is 4. The number of benzene rings is 2. The fourth-order valence-electron chi connectivity index (χ4n) is 4.41. The number of carboxylic acids is 4. The summed E-state index contributed by atoms with van der Waals surface area (Å²) >= 11 is 2.85. The predicted molar refractivity (Wildman–Crippen MR) is 242 cm³/mol. The van der Waals surface area contributed by atoms with Gasteiger partial charge in [0.05, 0.1) is 32.5 Å². The highest BCUT2D eigenvalue weighted by Gasteiger charge is 2.40. The van der Waals surface area contributed by atoms with Gasteiger partial charge in [-0.1, -0.05) is 59.8 Å². The number of rotatable bonds is 11. The maximum absolute atomic E-state index is 12.1. The molecule has 0 fully saturated rings. The smallest absolute Gasteiger partial charge is 0.475 e. The number of alkyl halides is 12. The Kier molecular flexibility index (Phi) is 26.7. The van der Waals surface area contributed by atoms with Crippen molar-refractivity contribution in [1.82, 2.24) is 31.2 Å². The minimum absolute atomic E-state index is 0.00984. The van der Waals surface area contributed by atoms with E-state index in [0.717, 1.165) is 58.0 Å². The standard InChI is InChI=1S/C30H38N12O2S2.4C2HF3O2/c1-17-23(45-27(33)37-17)19-7-11-21(12-8-19)39-25(31)41-29(43)35-15-5-3-4-6-16-36-30(44)42-26(32)40-22-13-9-20(10-14-22)24-18(2)38-28(34)46-24;4*3-2(4,5)1(6)7/h7-14H,3-6,15-16H2,1-2H3,(H2,33,37)(H2,34,38)(H4,31,35,39,41,43)(H4,32,36,40,42,44);4*(H,6,7). The second-order valence-corrected chi connectivity index (χ2v) is 15.5. The molecular formula is C38H42F12N12O10S2. The average Bonchev–Trinajstić information content (AvgIpc) is 3.79. The molecule has 4 rings (SSSR count). The van der Waals surface area contributed by atoms with Crippen LogP contribution in [0.4, 0.5) is 83.9 Å². The van der Waals surface area contributed by atoms with E-state index in [9.17, 15) is 62.3 Å². The zero-order valence-electron chi connectivity index (χ0n) is 37.6. The third-order valence-electron chi connectivity index (χ3n) is 7.51. The molecule has 0 aliphatic rings. The van der Waals surface area contributed by atoms with Crippen LogP contribution in [0.1, 0.15) is 37.1 Å². The summed E-state index contributed by atoms with van der Waals surface area (Å²) in [6, 6.07) is 14.0. The molecule has 0 spiro atoms. The van der Waals surface area contributed by atoms with Crippen molar-refractivity contribution in [2.24, 2.45) is 21.5 Å². The van der Waals surface area contributed by atoms with Crippen molar-refractivity contribution in [2.45, 2.75) is 64.2 Å². The van der Waals surface area contributed by atoms with Crippen LogP contribution in [0.25, 0.3) is 20.9 Å². The average molecular weight is 1120 g/mol. The number of hydrogen-bond acceptors (Lipinski definition) is 14. The first-order chi connectivity index (χ1) is 33.8. The number of thiazole rings is 2. The first-order valence-corrected chi connectivity index (χ1v) is 21.1. The number of halogens is 12. The van der Waals surface area contributed by atoms with Gasteiger partial charge in [0, 0.05) is 13.1 Å². The van der Waals surface area contributed by atoms with Crippen molar-refractivity contribution in [3.63, 3.8) is 0 Å². The van der Waals surface area contributed by atoms with Gasteiger partial charge < -0.3 is 54.0 Å². The molecule has 0 saturated carbocycles. The van der Waals surface area contributed by atoms with Gasteiger partial charge in [0.15, 0.2) is 10.3 Å². The quantitative estimate of drug-likeness (QED) is 0.0311. The number of amides is 4. The Hall–Kier alpha value is -8.18. The van der Waals surface area contributed by atoms with E-state index in [1.807, 2.05) is 38.1 Å². The van der Waals surface area contributed by atoms with Crippen molar-refractivity contribution < 1.29 is 102 Å². The van der Waals surface area contributed by atoms with Crippen LogP contribution in [0.3, 0.4) is 0 Å². The molecule has 0 atom stereocenters. The van der Waals surface area contributed by atoms with Crippen LogP contribution < -0.4 is 44.2 Å². The van der Waals surface area contributed by atoms with Gasteiger partial charge in [0.25, 0.3) is 0 Å². The molecule has 4 aromatic rings. The van der Waals surface area contributed by atoms with E-state index in [1.54, 1.807) is 24.3 Å². The molecule has 410 valence electrons. The van der Waals surface area contributed by atoms with Crippen LogP contribution in [0.15, 0.2) is 58.5 Å². The van der Waals surface area contributed by atoms with E-state index >= 15 is 0 Å². The van der Waals surface area contributed by atoms with Gasteiger partial charge in [0.1, 0.15) is 0 Å². The van der Waals surface area contributed by atoms with Crippen molar-refractivity contribution in [3.8, 4) is 20.9 Å². The molecule has 16 N–H and O–H groups in total. The number of aliphatic imine (C=N–C) groups is 2. The van der Waals surface area contributed by atoms with Crippen molar-refractivity contribution >= 4 is 92.2 Å². The van der Waals surface area contributed by atoms with Gasteiger partial charge in [-0.3, -0.25) is 10.6 Å². The number of carboxylic acid groups (broad SMARTS) is 4. The van der Waals surface area contributed by atoms with E-state index in [2.05, 4.69) is 41.2 Å². The molecule has 0 saturated heterocycles. The van der Waals surface area contributed by atoms with Crippen LogP contribution >= 0.6 is 22.7 Å². The van der Waals surface area contributed by atoms with Crippen LogP contribution in [-0.2, 0) is 19.2 Å². The van der Waals surface area contributed by atoms with Gasteiger partial charge >= 0.3 is 60.6 Å². The molecule has 0 radical (unpaired) electrons. The van der Waals surface area contributed by atoms with E-state index in [4.69, 9.17) is 62.5 Å². The highest BCUT2D eigenvalue weighted by molar-refractivity contribution is 7.19. The van der Waals surface area contributed by atoms with Crippen LogP contribution in [0, 0.1) is 13.8 Å². The lowest BCUT2D eigenvalue weighted by molar-refractivity contribution is -0.193.